The average Bonchev–Trinajstić information content (AvgIpc) is 2.95. The lowest BCUT2D eigenvalue weighted by molar-refractivity contribution is -0.158. The first-order valence-electron chi connectivity index (χ1n) is 9.68. The van der Waals surface area contributed by atoms with Crippen molar-refractivity contribution in [2.75, 3.05) is 13.2 Å². The van der Waals surface area contributed by atoms with E-state index in [-0.39, 0.29) is 42.6 Å². The maximum atomic E-state index is 12.6. The summed E-state index contributed by atoms with van der Waals surface area (Å²) in [6.45, 7) is 2.99. The number of rotatable bonds is 7. The van der Waals surface area contributed by atoms with E-state index in [1.807, 2.05) is 0 Å². The van der Waals surface area contributed by atoms with Gasteiger partial charge in [0, 0.05) is 0 Å². The number of imide groups is 1. The molecule has 1 saturated heterocycles. The van der Waals surface area contributed by atoms with Gasteiger partial charge in [-0.05, 0) is 38.8 Å². The van der Waals surface area contributed by atoms with Crippen molar-refractivity contribution in [1.82, 2.24) is 4.90 Å². The third kappa shape index (κ3) is 3.93. The van der Waals surface area contributed by atoms with Crippen molar-refractivity contribution in [2.45, 2.75) is 45.6 Å². The van der Waals surface area contributed by atoms with Crippen LogP contribution >= 0.6 is 0 Å². The molecule has 2 aliphatic rings. The number of Topliss-reactive ketones (excluding diaryl/α,β-unsaturated/α-hetero) is 1. The van der Waals surface area contributed by atoms with Gasteiger partial charge in [0.25, 0.3) is 0 Å². The average molecular weight is 387 g/mol. The largest absolute Gasteiger partial charge is 0.489 e. The Morgan fingerprint density at radius 2 is 1.68 bits per heavy atom. The van der Waals surface area contributed by atoms with Gasteiger partial charge in [0.15, 0.2) is 5.78 Å². The van der Waals surface area contributed by atoms with E-state index in [9.17, 15) is 19.2 Å². The minimum Gasteiger partial charge on any atom is -0.489 e. The standard InChI is InChI=1S/C21H25NO6/c1-13(22-19(24)16-8-3-4-9-17(16)20(22)25)21(26)28-12-11-27-18-10-6-5-7-15(18)14(2)23/h5-7,10,13,16-17H,3-4,8-9,11-12H2,1-2H3. The van der Waals surface area contributed by atoms with Gasteiger partial charge < -0.3 is 9.47 Å². The van der Waals surface area contributed by atoms with Gasteiger partial charge in [-0.15, -0.1) is 0 Å². The molecule has 150 valence electrons. The van der Waals surface area contributed by atoms with Crippen LogP contribution in [-0.2, 0) is 19.1 Å². The van der Waals surface area contributed by atoms with Crippen LogP contribution in [0.25, 0.3) is 0 Å². The van der Waals surface area contributed by atoms with Gasteiger partial charge in [0.05, 0.1) is 17.4 Å². The molecule has 1 saturated carbocycles. The first kappa shape index (κ1) is 20.0. The van der Waals surface area contributed by atoms with E-state index in [1.54, 1.807) is 24.3 Å². The third-order valence-electron chi connectivity index (χ3n) is 5.46. The number of esters is 1. The van der Waals surface area contributed by atoms with Crippen LogP contribution in [0.2, 0.25) is 0 Å². The fraction of sp³-hybridized carbons (Fsp3) is 0.524. The Balaban J connectivity index is 1.52. The highest BCUT2D eigenvalue weighted by Gasteiger charge is 2.51. The second kappa shape index (κ2) is 8.54. The molecule has 0 N–H and O–H groups in total. The van der Waals surface area contributed by atoms with Crippen LogP contribution in [0.3, 0.4) is 0 Å². The summed E-state index contributed by atoms with van der Waals surface area (Å²) in [7, 11) is 0. The zero-order valence-electron chi connectivity index (χ0n) is 16.2. The second-order valence-corrected chi connectivity index (χ2v) is 7.29. The van der Waals surface area contributed by atoms with Gasteiger partial charge in [-0.3, -0.25) is 19.3 Å². The van der Waals surface area contributed by atoms with Crippen molar-refractivity contribution in [3.05, 3.63) is 29.8 Å². The van der Waals surface area contributed by atoms with Crippen molar-refractivity contribution >= 4 is 23.6 Å². The zero-order chi connectivity index (χ0) is 20.3. The molecular formula is C21H25NO6. The number of hydrogen-bond acceptors (Lipinski definition) is 6. The van der Waals surface area contributed by atoms with Gasteiger partial charge in [0.1, 0.15) is 25.0 Å². The Morgan fingerprint density at radius 3 is 2.29 bits per heavy atom. The SMILES string of the molecule is CC(=O)c1ccccc1OCCOC(=O)C(C)N1C(=O)C2CCCCC2C1=O. The number of nitrogens with zero attached hydrogens (tertiary/aromatic N) is 1. The molecule has 3 rings (SSSR count). The number of amides is 2. The highest BCUT2D eigenvalue weighted by Crippen LogP contribution is 2.38. The molecule has 2 fully saturated rings. The molecule has 28 heavy (non-hydrogen) atoms. The Morgan fingerprint density at radius 1 is 1.07 bits per heavy atom. The number of benzene rings is 1. The predicted molar refractivity (Wildman–Crippen MR) is 99.7 cm³/mol. The summed E-state index contributed by atoms with van der Waals surface area (Å²) in [4.78, 5) is 50.1. The lowest BCUT2D eigenvalue weighted by Crippen LogP contribution is -2.44. The van der Waals surface area contributed by atoms with Crippen molar-refractivity contribution in [2.24, 2.45) is 11.8 Å². The molecule has 0 bridgehead atoms. The lowest BCUT2D eigenvalue weighted by atomic mass is 9.81. The maximum Gasteiger partial charge on any atom is 0.329 e. The summed E-state index contributed by atoms with van der Waals surface area (Å²) in [6.07, 6.45) is 3.28. The minimum absolute atomic E-state index is 0.0432. The number of carbonyl (C=O) groups is 4. The van der Waals surface area contributed by atoms with E-state index in [0.29, 0.717) is 24.2 Å². The third-order valence-corrected chi connectivity index (χ3v) is 5.46. The highest BCUT2D eigenvalue weighted by molar-refractivity contribution is 6.07. The van der Waals surface area contributed by atoms with E-state index in [0.717, 1.165) is 17.7 Å². The Labute approximate surface area is 164 Å². The number of fused-ring (bicyclic) bond motifs is 1. The van der Waals surface area contributed by atoms with Gasteiger partial charge >= 0.3 is 5.97 Å². The van der Waals surface area contributed by atoms with Crippen LogP contribution in [0.15, 0.2) is 24.3 Å². The molecule has 1 heterocycles. The fourth-order valence-corrected chi connectivity index (χ4v) is 3.97. The summed E-state index contributed by atoms with van der Waals surface area (Å²) in [5.41, 5.74) is 0.457. The Bertz CT molecular complexity index is 765. The molecule has 2 amide bonds. The topological polar surface area (TPSA) is 90.0 Å². The highest BCUT2D eigenvalue weighted by atomic mass is 16.6. The van der Waals surface area contributed by atoms with Gasteiger partial charge in [-0.2, -0.15) is 0 Å². The number of ketones is 1. The van der Waals surface area contributed by atoms with Crippen LogP contribution in [-0.4, -0.2) is 47.7 Å². The molecular weight excluding hydrogens is 362 g/mol. The smallest absolute Gasteiger partial charge is 0.329 e. The Hall–Kier alpha value is -2.70. The van der Waals surface area contributed by atoms with Gasteiger partial charge in [0.2, 0.25) is 11.8 Å². The number of carbonyl (C=O) groups excluding carboxylic acids is 4. The molecule has 1 aliphatic heterocycles. The predicted octanol–water partition coefficient (Wildman–Crippen LogP) is 2.37. The number of ether oxygens (including phenoxy) is 2. The molecule has 3 unspecified atom stereocenters. The maximum absolute atomic E-state index is 12.6. The van der Waals surface area contributed by atoms with E-state index >= 15 is 0 Å². The summed E-state index contributed by atoms with van der Waals surface area (Å²) in [6, 6.07) is 5.88. The van der Waals surface area contributed by atoms with Crippen LogP contribution in [0, 0.1) is 11.8 Å². The monoisotopic (exact) mass is 387 g/mol. The first-order chi connectivity index (χ1) is 13.4. The minimum atomic E-state index is -0.949. The van der Waals surface area contributed by atoms with E-state index in [1.165, 1.54) is 13.8 Å². The number of likely N-dealkylation sites (tertiary alicyclic amines) is 1. The molecule has 1 aromatic carbocycles. The van der Waals surface area contributed by atoms with Gasteiger partial charge in [-0.1, -0.05) is 25.0 Å². The summed E-state index contributed by atoms with van der Waals surface area (Å²) >= 11 is 0. The van der Waals surface area contributed by atoms with Gasteiger partial charge in [-0.25, -0.2) is 4.79 Å². The number of hydrogen-bond donors (Lipinski definition) is 0. The van der Waals surface area contributed by atoms with Crippen molar-refractivity contribution < 1.29 is 28.7 Å². The van der Waals surface area contributed by atoms with Crippen LogP contribution < -0.4 is 4.74 Å². The van der Waals surface area contributed by atoms with Crippen molar-refractivity contribution in [3.8, 4) is 5.75 Å². The first-order valence-corrected chi connectivity index (χ1v) is 9.68. The fourth-order valence-electron chi connectivity index (χ4n) is 3.97. The lowest BCUT2D eigenvalue weighted by Gasteiger charge is -2.21. The zero-order valence-corrected chi connectivity index (χ0v) is 16.2. The quantitative estimate of drug-likeness (QED) is 0.309. The molecule has 0 spiro atoms. The van der Waals surface area contributed by atoms with E-state index in [4.69, 9.17) is 9.47 Å². The van der Waals surface area contributed by atoms with Crippen molar-refractivity contribution in [3.63, 3.8) is 0 Å². The summed E-state index contributed by atoms with van der Waals surface area (Å²) in [5, 5.41) is 0. The Kier molecular flexibility index (Phi) is 6.11. The molecule has 0 aromatic heterocycles. The molecule has 7 heteroatoms. The second-order valence-electron chi connectivity index (χ2n) is 7.29. The normalized spacial score (nSPS) is 22.6. The molecule has 7 nitrogen and oxygen atoms in total. The van der Waals surface area contributed by atoms with E-state index in [2.05, 4.69) is 0 Å². The van der Waals surface area contributed by atoms with Crippen LogP contribution in [0.4, 0.5) is 0 Å². The van der Waals surface area contributed by atoms with Crippen molar-refractivity contribution in [1.29, 1.82) is 0 Å². The van der Waals surface area contributed by atoms with E-state index < -0.39 is 12.0 Å². The van der Waals surface area contributed by atoms with Crippen LogP contribution in [0.5, 0.6) is 5.75 Å². The molecule has 1 aliphatic carbocycles. The molecule has 3 atom stereocenters. The number of para-hydroxylation sites is 1. The van der Waals surface area contributed by atoms with Crippen LogP contribution in [0.1, 0.15) is 49.9 Å². The summed E-state index contributed by atoms with van der Waals surface area (Å²) in [5.74, 6) is -1.42. The molecule has 1 aromatic rings. The summed E-state index contributed by atoms with van der Waals surface area (Å²) < 4.78 is 10.7. The molecule has 0 radical (unpaired) electrons.